The smallest absolute Gasteiger partial charge is 0.347 e. The molecule has 0 radical (unpaired) electrons. The van der Waals surface area contributed by atoms with Crippen molar-refractivity contribution >= 4 is 55.0 Å². The molecule has 5 rings (SSSR count). The molecule has 0 spiro atoms. The van der Waals surface area contributed by atoms with Crippen molar-refractivity contribution in [2.45, 2.75) is 45.5 Å². The Balaban J connectivity index is 1.96. The van der Waals surface area contributed by atoms with Crippen LogP contribution in [0.25, 0.3) is 32.1 Å². The number of Topliss-reactive ketones (excluding diaryl/α,β-unsaturated/α-hetero) is 2. The van der Waals surface area contributed by atoms with Gasteiger partial charge in [0.2, 0.25) is 0 Å². The molecule has 198 valence electrons. The summed E-state index contributed by atoms with van der Waals surface area (Å²) < 4.78 is 94.4. The van der Waals surface area contributed by atoms with Crippen LogP contribution in [0.1, 0.15) is 56.3 Å². The van der Waals surface area contributed by atoms with Crippen LogP contribution in [0, 0.1) is 13.8 Å². The lowest BCUT2D eigenvalue weighted by Crippen LogP contribution is -2.49. The number of rotatable bonds is 4. The van der Waals surface area contributed by atoms with Crippen molar-refractivity contribution in [3.8, 4) is 0 Å². The van der Waals surface area contributed by atoms with Crippen molar-refractivity contribution in [3.63, 3.8) is 0 Å². The van der Waals surface area contributed by atoms with Gasteiger partial charge in [0.05, 0.1) is 0 Å². The van der Waals surface area contributed by atoms with Crippen LogP contribution in [0.4, 0.5) is 26.3 Å². The second-order valence-corrected chi connectivity index (χ2v) is 10.8. The summed E-state index contributed by atoms with van der Waals surface area (Å²) in [6, 6.07) is 8.22. The van der Waals surface area contributed by atoms with E-state index < -0.39 is 40.0 Å². The summed E-state index contributed by atoms with van der Waals surface area (Å²) >= 11 is 0.961. The third-order valence-electron chi connectivity index (χ3n) is 7.34. The molecule has 0 bridgehead atoms. The largest absolute Gasteiger partial charge is 0.380 e. The zero-order valence-electron chi connectivity index (χ0n) is 20.9. The molecule has 4 aromatic rings. The Morgan fingerprint density at radius 1 is 0.763 bits per heavy atom. The number of fused-ring (bicyclic) bond motifs is 2. The molecule has 2 aromatic heterocycles. The number of carbonyl (C=O) groups is 2. The fourth-order valence-electron chi connectivity index (χ4n) is 5.24. The monoisotopic (exact) mass is 549 g/mol. The Kier molecular flexibility index (Phi) is 5.55. The highest BCUT2D eigenvalue weighted by Gasteiger charge is 2.80. The molecule has 0 unspecified atom stereocenters. The Labute approximate surface area is 217 Å². The van der Waals surface area contributed by atoms with Gasteiger partial charge < -0.3 is 4.57 Å². The highest BCUT2D eigenvalue weighted by molar-refractivity contribution is 7.19. The summed E-state index contributed by atoms with van der Waals surface area (Å²) in [6.07, 6.45) is 0. The van der Waals surface area contributed by atoms with Crippen molar-refractivity contribution < 1.29 is 35.9 Å². The van der Waals surface area contributed by atoms with Crippen LogP contribution in [-0.2, 0) is 7.05 Å². The number of hydrogen-bond donors (Lipinski definition) is 0. The van der Waals surface area contributed by atoms with E-state index in [2.05, 4.69) is 0 Å². The first-order valence-corrected chi connectivity index (χ1v) is 12.4. The highest BCUT2D eigenvalue weighted by Crippen LogP contribution is 2.66. The van der Waals surface area contributed by atoms with E-state index in [1.807, 2.05) is 0 Å². The Bertz CT molecular complexity index is 1740. The average Bonchev–Trinajstić information content (AvgIpc) is 3.31. The van der Waals surface area contributed by atoms with E-state index in [0.29, 0.717) is 4.70 Å². The second kappa shape index (κ2) is 8.05. The molecule has 0 fully saturated rings. The SMILES string of the molecule is CC(=O)c1ccc2c(C3=C(c4c(C)n(C)c5cc(C(C)=O)ccc45)C(F)(F)C(F)(F)C3(F)F)c(C)sc2c1. The van der Waals surface area contributed by atoms with Gasteiger partial charge in [-0.3, -0.25) is 9.59 Å². The molecule has 10 heteroatoms. The summed E-state index contributed by atoms with van der Waals surface area (Å²) in [5.41, 5.74) is -2.82. The molecular formula is C28H21F6NO2S. The number of alkyl halides is 6. The number of carbonyl (C=O) groups excluding carboxylic acids is 2. The minimum atomic E-state index is -5.71. The number of thiophene rings is 1. The molecule has 0 aliphatic heterocycles. The molecule has 2 aromatic carbocycles. The normalized spacial score (nSPS) is 18.1. The van der Waals surface area contributed by atoms with Crippen molar-refractivity contribution in [2.24, 2.45) is 7.05 Å². The standard InChI is InChI=1S/C28H21F6NO2S/c1-12-22(18-8-6-16(13(2)36)10-20(18)35(12)5)24-25(27(31,32)28(33,34)26(24,29)30)23-15(4)38-21-11-17(14(3)37)7-9-19(21)23/h6-11H,1-5H3. The lowest BCUT2D eigenvalue weighted by molar-refractivity contribution is -0.254. The predicted octanol–water partition coefficient (Wildman–Crippen LogP) is 8.25. The third kappa shape index (κ3) is 3.22. The Morgan fingerprint density at radius 3 is 1.82 bits per heavy atom. The van der Waals surface area contributed by atoms with Gasteiger partial charge in [0.15, 0.2) is 11.6 Å². The van der Waals surface area contributed by atoms with E-state index in [1.54, 1.807) is 0 Å². The maximum absolute atomic E-state index is 15.6. The number of aromatic nitrogens is 1. The maximum Gasteiger partial charge on any atom is 0.380 e. The van der Waals surface area contributed by atoms with Crippen LogP contribution in [0.15, 0.2) is 36.4 Å². The summed E-state index contributed by atoms with van der Waals surface area (Å²) in [6.45, 7) is 5.41. The Morgan fingerprint density at radius 2 is 1.26 bits per heavy atom. The summed E-state index contributed by atoms with van der Waals surface area (Å²) in [5, 5.41) is 0.127. The number of allylic oxidation sites excluding steroid dienone is 2. The maximum atomic E-state index is 15.6. The average molecular weight is 550 g/mol. The van der Waals surface area contributed by atoms with Gasteiger partial charge in [0.25, 0.3) is 0 Å². The molecule has 0 saturated carbocycles. The zero-order valence-corrected chi connectivity index (χ0v) is 21.7. The zero-order chi connectivity index (χ0) is 28.1. The van der Waals surface area contributed by atoms with Gasteiger partial charge in [0, 0.05) is 72.0 Å². The fourth-order valence-corrected chi connectivity index (χ4v) is 6.35. The van der Waals surface area contributed by atoms with Crippen LogP contribution in [0.2, 0.25) is 0 Å². The molecule has 1 aliphatic rings. The van der Waals surface area contributed by atoms with E-state index in [0.717, 1.165) is 11.3 Å². The molecule has 0 amide bonds. The quantitative estimate of drug-likeness (QED) is 0.190. The predicted molar refractivity (Wildman–Crippen MR) is 136 cm³/mol. The van der Waals surface area contributed by atoms with Crippen LogP contribution in [0.5, 0.6) is 0 Å². The van der Waals surface area contributed by atoms with Crippen molar-refractivity contribution in [3.05, 3.63) is 69.2 Å². The number of aryl methyl sites for hydroxylation is 2. The summed E-state index contributed by atoms with van der Waals surface area (Å²) in [7, 11) is 1.49. The summed E-state index contributed by atoms with van der Waals surface area (Å²) in [5.74, 6) is -16.7. The van der Waals surface area contributed by atoms with Gasteiger partial charge in [-0.1, -0.05) is 24.3 Å². The lowest BCUT2D eigenvalue weighted by Gasteiger charge is -2.26. The first kappa shape index (κ1) is 26.2. The van der Waals surface area contributed by atoms with E-state index in [9.17, 15) is 9.59 Å². The fraction of sp³-hybridized carbons (Fsp3) is 0.286. The minimum absolute atomic E-state index is 0.0479. The van der Waals surface area contributed by atoms with Crippen molar-refractivity contribution in [2.75, 3.05) is 0 Å². The topological polar surface area (TPSA) is 39.1 Å². The highest BCUT2D eigenvalue weighted by atomic mass is 32.1. The number of ketones is 2. The second-order valence-electron chi connectivity index (χ2n) is 9.58. The van der Waals surface area contributed by atoms with Gasteiger partial charge in [-0.25, -0.2) is 0 Å². The third-order valence-corrected chi connectivity index (χ3v) is 8.41. The van der Waals surface area contributed by atoms with Gasteiger partial charge in [-0.05, 0) is 39.8 Å². The van der Waals surface area contributed by atoms with Crippen LogP contribution in [0.3, 0.4) is 0 Å². The number of halogens is 6. The molecular weight excluding hydrogens is 528 g/mol. The first-order valence-electron chi connectivity index (χ1n) is 11.6. The van der Waals surface area contributed by atoms with Gasteiger partial charge >= 0.3 is 17.8 Å². The van der Waals surface area contributed by atoms with Gasteiger partial charge in [0.1, 0.15) is 0 Å². The first-order chi connectivity index (χ1) is 17.5. The van der Waals surface area contributed by atoms with Gasteiger partial charge in [-0.15, -0.1) is 11.3 Å². The van der Waals surface area contributed by atoms with E-state index >= 15 is 26.3 Å². The van der Waals surface area contributed by atoms with E-state index in [1.165, 1.54) is 75.7 Å². The molecule has 1 aliphatic carbocycles. The lowest BCUT2D eigenvalue weighted by atomic mass is 9.91. The van der Waals surface area contributed by atoms with E-state index in [-0.39, 0.29) is 49.6 Å². The minimum Gasteiger partial charge on any atom is -0.347 e. The van der Waals surface area contributed by atoms with Crippen LogP contribution >= 0.6 is 11.3 Å². The number of hydrogen-bond acceptors (Lipinski definition) is 3. The molecule has 3 nitrogen and oxygen atoms in total. The van der Waals surface area contributed by atoms with Crippen LogP contribution in [-0.4, -0.2) is 33.9 Å². The number of benzene rings is 2. The number of nitrogens with zero attached hydrogens (tertiary/aromatic N) is 1. The van der Waals surface area contributed by atoms with Crippen LogP contribution < -0.4 is 0 Å². The van der Waals surface area contributed by atoms with Gasteiger partial charge in [-0.2, -0.15) is 26.3 Å². The molecule has 0 saturated heterocycles. The molecule has 0 N–H and O–H groups in total. The van der Waals surface area contributed by atoms with E-state index in [4.69, 9.17) is 0 Å². The van der Waals surface area contributed by atoms with Crippen molar-refractivity contribution in [1.29, 1.82) is 0 Å². The summed E-state index contributed by atoms with van der Waals surface area (Å²) in [4.78, 5) is 23.9. The van der Waals surface area contributed by atoms with Crippen molar-refractivity contribution in [1.82, 2.24) is 4.57 Å². The Hall–Kier alpha value is -3.40. The molecule has 0 atom stereocenters. The molecule has 38 heavy (non-hydrogen) atoms. The molecule has 2 heterocycles.